The van der Waals surface area contributed by atoms with Gasteiger partial charge in [0.1, 0.15) is 5.82 Å². The number of carbonyl (C=O) groups excluding carboxylic acids is 1. The highest BCUT2D eigenvalue weighted by molar-refractivity contribution is 5.92. The topological polar surface area (TPSA) is 66.6 Å². The fourth-order valence-electron chi connectivity index (χ4n) is 2.52. The molecule has 5 heteroatoms. The first kappa shape index (κ1) is 14.0. The number of aliphatic hydroxyl groups is 1. The van der Waals surface area contributed by atoms with Crippen molar-refractivity contribution >= 4 is 5.91 Å². The second-order valence-corrected chi connectivity index (χ2v) is 4.97. The van der Waals surface area contributed by atoms with Gasteiger partial charge < -0.3 is 10.8 Å². The predicted molar refractivity (Wildman–Crippen MR) is 70.1 cm³/mol. The van der Waals surface area contributed by atoms with Crippen molar-refractivity contribution in [3.05, 3.63) is 35.1 Å². The number of halogens is 1. The summed E-state index contributed by atoms with van der Waals surface area (Å²) in [6, 6.07) is 4.41. The van der Waals surface area contributed by atoms with Crippen LogP contribution in [0.5, 0.6) is 0 Å². The first-order chi connectivity index (χ1) is 9.11. The third kappa shape index (κ3) is 3.30. The van der Waals surface area contributed by atoms with E-state index in [-0.39, 0.29) is 18.2 Å². The first-order valence-electron chi connectivity index (χ1n) is 6.55. The number of hydrogen-bond donors (Lipinski definition) is 2. The molecule has 1 heterocycles. The average Bonchev–Trinajstić information content (AvgIpc) is 2.41. The monoisotopic (exact) mass is 266 g/mol. The number of benzene rings is 1. The first-order valence-corrected chi connectivity index (χ1v) is 6.55. The lowest BCUT2D eigenvalue weighted by molar-refractivity contribution is 0.0832. The highest BCUT2D eigenvalue weighted by atomic mass is 19.1. The van der Waals surface area contributed by atoms with Crippen LogP contribution in [0.1, 0.15) is 35.2 Å². The number of nitrogens with two attached hydrogens (primary N) is 1. The van der Waals surface area contributed by atoms with Crippen molar-refractivity contribution in [2.24, 2.45) is 5.73 Å². The van der Waals surface area contributed by atoms with Crippen LogP contribution in [0.2, 0.25) is 0 Å². The Morgan fingerprint density at radius 2 is 2.26 bits per heavy atom. The van der Waals surface area contributed by atoms with Crippen molar-refractivity contribution in [2.45, 2.75) is 31.8 Å². The number of amides is 1. The van der Waals surface area contributed by atoms with E-state index in [0.717, 1.165) is 25.8 Å². The van der Waals surface area contributed by atoms with Gasteiger partial charge in [-0.15, -0.1) is 0 Å². The lowest BCUT2D eigenvalue weighted by Crippen LogP contribution is -2.41. The van der Waals surface area contributed by atoms with E-state index in [2.05, 4.69) is 4.90 Å². The van der Waals surface area contributed by atoms with Gasteiger partial charge in [0.2, 0.25) is 5.91 Å². The van der Waals surface area contributed by atoms with Gasteiger partial charge in [-0.3, -0.25) is 9.69 Å². The van der Waals surface area contributed by atoms with Gasteiger partial charge in [0.05, 0.1) is 6.61 Å². The Balaban J connectivity index is 2.11. The zero-order chi connectivity index (χ0) is 13.8. The minimum absolute atomic E-state index is 0.0982. The van der Waals surface area contributed by atoms with E-state index in [4.69, 9.17) is 5.73 Å². The van der Waals surface area contributed by atoms with Gasteiger partial charge in [-0.05, 0) is 31.5 Å². The molecule has 0 saturated carbocycles. The predicted octanol–water partition coefficient (Wildman–Crippen LogP) is 1.27. The molecule has 0 aromatic heterocycles. The zero-order valence-corrected chi connectivity index (χ0v) is 10.8. The molecule has 104 valence electrons. The Morgan fingerprint density at radius 1 is 1.47 bits per heavy atom. The maximum Gasteiger partial charge on any atom is 0.248 e. The zero-order valence-electron chi connectivity index (χ0n) is 10.8. The van der Waals surface area contributed by atoms with E-state index in [1.807, 2.05) is 0 Å². The summed E-state index contributed by atoms with van der Waals surface area (Å²) in [4.78, 5) is 13.1. The van der Waals surface area contributed by atoms with Crippen molar-refractivity contribution in [1.82, 2.24) is 4.90 Å². The van der Waals surface area contributed by atoms with Crippen LogP contribution in [0.25, 0.3) is 0 Å². The Kier molecular flexibility index (Phi) is 4.50. The lowest BCUT2D eigenvalue weighted by Gasteiger charge is -2.34. The Bertz CT molecular complexity index is 465. The molecule has 2 rings (SSSR count). The number of carbonyl (C=O) groups is 1. The molecule has 1 aromatic rings. The summed E-state index contributed by atoms with van der Waals surface area (Å²) in [6.45, 7) is 1.42. The SMILES string of the molecule is NC(=O)c1ccc(CN2CCCCC2CO)c(F)c1. The van der Waals surface area contributed by atoms with Crippen molar-refractivity contribution in [1.29, 1.82) is 0 Å². The summed E-state index contributed by atoms with van der Waals surface area (Å²) >= 11 is 0. The molecular weight excluding hydrogens is 247 g/mol. The minimum Gasteiger partial charge on any atom is -0.395 e. The van der Waals surface area contributed by atoms with Gasteiger partial charge in [-0.25, -0.2) is 4.39 Å². The highest BCUT2D eigenvalue weighted by Gasteiger charge is 2.22. The van der Waals surface area contributed by atoms with E-state index in [9.17, 15) is 14.3 Å². The van der Waals surface area contributed by atoms with Crippen molar-refractivity contribution in [3.8, 4) is 0 Å². The fraction of sp³-hybridized carbons (Fsp3) is 0.500. The van der Waals surface area contributed by atoms with E-state index in [1.54, 1.807) is 12.1 Å². The quantitative estimate of drug-likeness (QED) is 0.862. The van der Waals surface area contributed by atoms with Crippen LogP contribution in [0.15, 0.2) is 18.2 Å². The van der Waals surface area contributed by atoms with E-state index < -0.39 is 11.7 Å². The van der Waals surface area contributed by atoms with Gasteiger partial charge in [0, 0.05) is 23.7 Å². The van der Waals surface area contributed by atoms with Gasteiger partial charge in [-0.1, -0.05) is 12.5 Å². The average molecular weight is 266 g/mol. The van der Waals surface area contributed by atoms with Crippen molar-refractivity contribution < 1.29 is 14.3 Å². The van der Waals surface area contributed by atoms with Gasteiger partial charge in [0.25, 0.3) is 0 Å². The summed E-state index contributed by atoms with van der Waals surface area (Å²) in [5.74, 6) is -1.05. The molecule has 1 atom stereocenters. The molecule has 1 aliphatic heterocycles. The molecule has 0 spiro atoms. The summed E-state index contributed by atoms with van der Waals surface area (Å²) in [6.07, 6.45) is 3.11. The second kappa shape index (κ2) is 6.12. The molecule has 1 saturated heterocycles. The largest absolute Gasteiger partial charge is 0.395 e. The number of primary amides is 1. The lowest BCUT2D eigenvalue weighted by atomic mass is 10.0. The fourth-order valence-corrected chi connectivity index (χ4v) is 2.52. The van der Waals surface area contributed by atoms with Gasteiger partial charge in [-0.2, -0.15) is 0 Å². The number of aliphatic hydroxyl groups excluding tert-OH is 1. The van der Waals surface area contributed by atoms with Crippen LogP contribution in [-0.2, 0) is 6.54 Å². The minimum atomic E-state index is -0.628. The number of nitrogens with zero attached hydrogens (tertiary/aromatic N) is 1. The van der Waals surface area contributed by atoms with Crippen LogP contribution in [0.3, 0.4) is 0 Å². The molecule has 0 aliphatic carbocycles. The van der Waals surface area contributed by atoms with Crippen LogP contribution in [-0.4, -0.2) is 35.1 Å². The summed E-state index contributed by atoms with van der Waals surface area (Å²) in [5.41, 5.74) is 5.82. The molecular formula is C14H19FN2O2. The molecule has 1 amide bonds. The third-order valence-electron chi connectivity index (χ3n) is 3.67. The van der Waals surface area contributed by atoms with Gasteiger partial charge >= 0.3 is 0 Å². The molecule has 3 N–H and O–H groups in total. The molecule has 1 unspecified atom stereocenters. The van der Waals surface area contributed by atoms with Crippen molar-refractivity contribution in [3.63, 3.8) is 0 Å². The standard InChI is InChI=1S/C14H19FN2O2/c15-13-7-10(14(16)19)4-5-11(13)8-17-6-2-1-3-12(17)9-18/h4-5,7,12,18H,1-3,6,8-9H2,(H2,16,19). The Hall–Kier alpha value is -1.46. The molecule has 19 heavy (non-hydrogen) atoms. The Morgan fingerprint density at radius 3 is 2.89 bits per heavy atom. The summed E-state index contributed by atoms with van der Waals surface area (Å²) in [5, 5.41) is 9.33. The van der Waals surface area contributed by atoms with E-state index in [1.165, 1.54) is 6.07 Å². The highest BCUT2D eigenvalue weighted by Crippen LogP contribution is 2.21. The second-order valence-electron chi connectivity index (χ2n) is 4.97. The number of likely N-dealkylation sites (tertiary alicyclic amines) is 1. The van der Waals surface area contributed by atoms with Crippen molar-refractivity contribution in [2.75, 3.05) is 13.2 Å². The van der Waals surface area contributed by atoms with Crippen LogP contribution < -0.4 is 5.73 Å². The summed E-state index contributed by atoms with van der Waals surface area (Å²) in [7, 11) is 0. The molecule has 0 radical (unpaired) electrons. The molecule has 1 aliphatic rings. The number of rotatable bonds is 4. The van der Waals surface area contributed by atoms with E-state index in [0.29, 0.717) is 12.1 Å². The number of hydrogen-bond acceptors (Lipinski definition) is 3. The van der Waals surface area contributed by atoms with Crippen LogP contribution >= 0.6 is 0 Å². The molecule has 1 aromatic carbocycles. The molecule has 0 bridgehead atoms. The molecule has 1 fully saturated rings. The molecule has 4 nitrogen and oxygen atoms in total. The van der Waals surface area contributed by atoms with Gasteiger partial charge in [0.15, 0.2) is 0 Å². The maximum atomic E-state index is 13.9. The smallest absolute Gasteiger partial charge is 0.248 e. The summed E-state index contributed by atoms with van der Waals surface area (Å²) < 4.78 is 13.9. The van der Waals surface area contributed by atoms with E-state index >= 15 is 0 Å². The third-order valence-corrected chi connectivity index (χ3v) is 3.67. The number of piperidine rings is 1. The van der Waals surface area contributed by atoms with Crippen LogP contribution in [0.4, 0.5) is 4.39 Å². The normalized spacial score (nSPS) is 20.4. The maximum absolute atomic E-state index is 13.9. The van der Waals surface area contributed by atoms with Crippen LogP contribution in [0, 0.1) is 5.82 Å². The Labute approximate surface area is 112 Å².